The Hall–Kier alpha value is 0.210. The van der Waals surface area contributed by atoms with Gasteiger partial charge < -0.3 is 10.4 Å². The topological polar surface area (TPSA) is 32.3 Å². The van der Waals surface area contributed by atoms with E-state index in [9.17, 15) is 0 Å². The number of fused-ring (bicyclic) bond motifs is 1. The maximum atomic E-state index is 8.83. The van der Waals surface area contributed by atoms with Gasteiger partial charge in [0.1, 0.15) is 0 Å². The average molecular weight is 150 g/mol. The fourth-order valence-corrected chi connectivity index (χ4v) is 1.66. The molecule has 0 aromatic carbocycles. The van der Waals surface area contributed by atoms with E-state index in [2.05, 4.69) is 5.32 Å². The Morgan fingerprint density at radius 3 is 2.67 bits per heavy atom. The first-order valence-corrected chi connectivity index (χ1v) is 3.22. The van der Waals surface area contributed by atoms with Crippen LogP contribution in [0.25, 0.3) is 0 Å². The highest BCUT2D eigenvalue weighted by atomic mass is 35.5. The summed E-state index contributed by atoms with van der Waals surface area (Å²) in [4.78, 5) is 0. The van der Waals surface area contributed by atoms with Crippen molar-refractivity contribution in [2.45, 2.75) is 18.9 Å². The minimum atomic E-state index is 0. The molecule has 0 aromatic rings. The summed E-state index contributed by atoms with van der Waals surface area (Å²) in [5.41, 5.74) is 0.347. The fraction of sp³-hybridized carbons (Fsp3) is 1.00. The lowest BCUT2D eigenvalue weighted by Gasteiger charge is -2.01. The van der Waals surface area contributed by atoms with E-state index >= 15 is 0 Å². The number of aliphatic hydroxyl groups is 1. The van der Waals surface area contributed by atoms with E-state index in [4.69, 9.17) is 5.11 Å². The summed E-state index contributed by atoms with van der Waals surface area (Å²) in [6.45, 7) is 1.51. The molecule has 3 heteroatoms. The van der Waals surface area contributed by atoms with Gasteiger partial charge in [-0.05, 0) is 19.4 Å². The van der Waals surface area contributed by atoms with Gasteiger partial charge in [-0.1, -0.05) is 0 Å². The van der Waals surface area contributed by atoms with Crippen LogP contribution in [0.2, 0.25) is 0 Å². The summed E-state index contributed by atoms with van der Waals surface area (Å²) >= 11 is 0. The summed E-state index contributed by atoms with van der Waals surface area (Å²) in [7, 11) is 0. The molecule has 54 valence electrons. The minimum absolute atomic E-state index is 0. The van der Waals surface area contributed by atoms with Gasteiger partial charge >= 0.3 is 0 Å². The molecule has 2 aliphatic rings. The molecule has 0 bridgehead atoms. The standard InChI is InChI=1S/C6H11NO.ClH/c8-4-6-1-2-7-5(6)3-6;/h5,7-8H,1-4H2;1H. The maximum Gasteiger partial charge on any atom is 0.0503 e. The summed E-state index contributed by atoms with van der Waals surface area (Å²) < 4.78 is 0. The highest BCUT2D eigenvalue weighted by Gasteiger charge is 2.56. The van der Waals surface area contributed by atoms with Crippen LogP contribution in [0.3, 0.4) is 0 Å². The van der Waals surface area contributed by atoms with E-state index < -0.39 is 0 Å². The zero-order chi connectivity index (χ0) is 5.61. The van der Waals surface area contributed by atoms with Crippen molar-refractivity contribution >= 4 is 12.4 Å². The number of rotatable bonds is 1. The van der Waals surface area contributed by atoms with E-state index in [-0.39, 0.29) is 12.4 Å². The van der Waals surface area contributed by atoms with Crippen LogP contribution in [-0.2, 0) is 0 Å². The van der Waals surface area contributed by atoms with Gasteiger partial charge in [-0.25, -0.2) is 0 Å². The summed E-state index contributed by atoms with van der Waals surface area (Å²) in [5, 5.41) is 12.2. The monoisotopic (exact) mass is 149 g/mol. The van der Waals surface area contributed by atoms with E-state index in [1.807, 2.05) is 0 Å². The Morgan fingerprint density at radius 1 is 1.67 bits per heavy atom. The predicted molar refractivity (Wildman–Crippen MR) is 37.8 cm³/mol. The lowest BCUT2D eigenvalue weighted by molar-refractivity contribution is 0.212. The molecule has 1 aliphatic heterocycles. The fourth-order valence-electron chi connectivity index (χ4n) is 1.66. The Morgan fingerprint density at radius 2 is 2.44 bits per heavy atom. The van der Waals surface area contributed by atoms with Crippen molar-refractivity contribution in [3.05, 3.63) is 0 Å². The molecule has 2 fully saturated rings. The molecule has 0 aromatic heterocycles. The molecule has 0 radical (unpaired) electrons. The number of hydrogen-bond donors (Lipinski definition) is 2. The van der Waals surface area contributed by atoms with E-state index in [1.54, 1.807) is 0 Å². The molecule has 9 heavy (non-hydrogen) atoms. The second-order valence-corrected chi connectivity index (χ2v) is 2.98. The Bertz CT molecular complexity index is 116. The van der Waals surface area contributed by atoms with E-state index in [1.165, 1.54) is 12.8 Å². The molecule has 2 rings (SSSR count). The molecule has 2 N–H and O–H groups in total. The van der Waals surface area contributed by atoms with E-state index in [0.29, 0.717) is 18.1 Å². The van der Waals surface area contributed by atoms with Gasteiger partial charge in [-0.15, -0.1) is 12.4 Å². The molecular weight excluding hydrogens is 138 g/mol. The first kappa shape index (κ1) is 7.32. The molecule has 2 nitrogen and oxygen atoms in total. The molecule has 1 saturated carbocycles. The van der Waals surface area contributed by atoms with Crippen LogP contribution in [0.4, 0.5) is 0 Å². The molecule has 1 heterocycles. The molecule has 1 aliphatic carbocycles. The Kier molecular flexibility index (Phi) is 1.72. The van der Waals surface area contributed by atoms with Crippen molar-refractivity contribution in [3.8, 4) is 0 Å². The SMILES string of the molecule is Cl.OCC12CCNC1C2. The van der Waals surface area contributed by atoms with Crippen LogP contribution in [0.1, 0.15) is 12.8 Å². The quantitative estimate of drug-likeness (QED) is 0.557. The molecule has 0 spiro atoms. The Balaban J connectivity index is 0.000000405. The number of halogens is 1. The minimum Gasteiger partial charge on any atom is -0.396 e. The van der Waals surface area contributed by atoms with Crippen LogP contribution >= 0.6 is 12.4 Å². The van der Waals surface area contributed by atoms with Gasteiger partial charge in [0.2, 0.25) is 0 Å². The lowest BCUT2D eigenvalue weighted by atomic mass is 10.1. The van der Waals surface area contributed by atoms with Crippen molar-refractivity contribution < 1.29 is 5.11 Å². The third-order valence-corrected chi connectivity index (χ3v) is 2.52. The van der Waals surface area contributed by atoms with Crippen LogP contribution in [0.5, 0.6) is 0 Å². The molecule has 0 amide bonds. The average Bonchev–Trinajstić information content (AvgIpc) is 2.38. The van der Waals surface area contributed by atoms with Crippen LogP contribution in [-0.4, -0.2) is 24.3 Å². The highest BCUT2D eigenvalue weighted by molar-refractivity contribution is 5.85. The van der Waals surface area contributed by atoms with Crippen LogP contribution < -0.4 is 5.32 Å². The molecular formula is C6H12ClNO. The largest absolute Gasteiger partial charge is 0.396 e. The third-order valence-electron chi connectivity index (χ3n) is 2.52. The third kappa shape index (κ3) is 0.858. The predicted octanol–water partition coefficient (Wildman–Crippen LogP) is 0.152. The van der Waals surface area contributed by atoms with Crippen molar-refractivity contribution in [3.63, 3.8) is 0 Å². The van der Waals surface area contributed by atoms with E-state index in [0.717, 1.165) is 6.54 Å². The maximum absolute atomic E-state index is 8.83. The van der Waals surface area contributed by atoms with Gasteiger partial charge in [0.25, 0.3) is 0 Å². The van der Waals surface area contributed by atoms with Crippen molar-refractivity contribution in [1.29, 1.82) is 0 Å². The number of piperidine rings is 1. The van der Waals surface area contributed by atoms with Crippen molar-refractivity contribution in [2.75, 3.05) is 13.2 Å². The molecule has 2 unspecified atom stereocenters. The van der Waals surface area contributed by atoms with Crippen LogP contribution in [0, 0.1) is 5.41 Å². The zero-order valence-corrected chi connectivity index (χ0v) is 6.08. The zero-order valence-electron chi connectivity index (χ0n) is 5.26. The number of nitrogens with one attached hydrogen (secondary N) is 1. The second-order valence-electron chi connectivity index (χ2n) is 2.98. The first-order chi connectivity index (χ1) is 3.87. The normalized spacial score (nSPS) is 45.7. The van der Waals surface area contributed by atoms with Gasteiger partial charge in [-0.2, -0.15) is 0 Å². The van der Waals surface area contributed by atoms with Gasteiger partial charge in [0.15, 0.2) is 0 Å². The first-order valence-electron chi connectivity index (χ1n) is 3.22. The molecule has 2 atom stereocenters. The van der Waals surface area contributed by atoms with Crippen LogP contribution in [0.15, 0.2) is 0 Å². The lowest BCUT2D eigenvalue weighted by Crippen LogP contribution is -2.11. The summed E-state index contributed by atoms with van der Waals surface area (Å²) in [6, 6.07) is 0.674. The smallest absolute Gasteiger partial charge is 0.0503 e. The summed E-state index contributed by atoms with van der Waals surface area (Å²) in [6.07, 6.45) is 2.40. The number of hydrogen-bond acceptors (Lipinski definition) is 2. The number of aliphatic hydroxyl groups excluding tert-OH is 1. The van der Waals surface area contributed by atoms with Gasteiger partial charge in [0, 0.05) is 11.5 Å². The van der Waals surface area contributed by atoms with Crippen molar-refractivity contribution in [2.24, 2.45) is 5.41 Å². The summed E-state index contributed by atoms with van der Waals surface area (Å²) in [5.74, 6) is 0. The van der Waals surface area contributed by atoms with Gasteiger partial charge in [-0.3, -0.25) is 0 Å². The highest BCUT2D eigenvalue weighted by Crippen LogP contribution is 2.51. The molecule has 1 saturated heterocycles. The Labute approximate surface area is 61.0 Å². The second kappa shape index (κ2) is 2.11. The van der Waals surface area contributed by atoms with Gasteiger partial charge in [0.05, 0.1) is 6.61 Å². The van der Waals surface area contributed by atoms with Crippen molar-refractivity contribution in [1.82, 2.24) is 5.32 Å².